The van der Waals surface area contributed by atoms with Crippen LogP contribution >= 0.6 is 0 Å². The van der Waals surface area contributed by atoms with Crippen LogP contribution in [0.25, 0.3) is 22.3 Å². The molecule has 2 heterocycles. The Morgan fingerprint density at radius 2 is 1.72 bits per heavy atom. The number of benzene rings is 2. The Bertz CT molecular complexity index is 1220. The van der Waals surface area contributed by atoms with Crippen LogP contribution in [0, 0.1) is 0 Å². The fourth-order valence-electron chi connectivity index (χ4n) is 3.57. The molecule has 0 bridgehead atoms. The number of hydrogen-bond acceptors (Lipinski definition) is 4. The number of rotatable bonds is 7. The van der Waals surface area contributed by atoms with Crippen molar-refractivity contribution in [2.24, 2.45) is 0 Å². The first-order valence-corrected chi connectivity index (χ1v) is 10.0. The number of fused-ring (bicyclic) bond motifs is 1. The fourth-order valence-corrected chi connectivity index (χ4v) is 3.57. The van der Waals surface area contributed by atoms with E-state index in [1.54, 1.807) is 30.3 Å². The van der Waals surface area contributed by atoms with Crippen molar-refractivity contribution in [3.63, 3.8) is 0 Å². The number of H-pyrrole nitrogens is 1. The highest BCUT2D eigenvalue weighted by molar-refractivity contribution is 5.94. The maximum Gasteiger partial charge on any atom is 0.417 e. The van der Waals surface area contributed by atoms with Crippen LogP contribution < -0.4 is 4.74 Å². The van der Waals surface area contributed by atoms with Gasteiger partial charge in [0, 0.05) is 18.1 Å². The van der Waals surface area contributed by atoms with Gasteiger partial charge < -0.3 is 4.74 Å². The molecule has 4 aromatic rings. The van der Waals surface area contributed by atoms with Crippen molar-refractivity contribution in [3.05, 3.63) is 77.9 Å². The standard InChI is InChI=1S/C24H20F3N3O2/c1-15(16-8-4-2-5-9-16)12-18(31)14-32-20-13-19(24(25,26)27)21-22(29-30-23(21)28-20)17-10-6-3-7-11-17/h2-11,13,15H,12,14H2,1H3,(H,28,29,30)/t15-/m1/s1. The summed E-state index contributed by atoms with van der Waals surface area (Å²) < 4.78 is 46.9. The van der Waals surface area contributed by atoms with Crippen molar-refractivity contribution < 1.29 is 22.7 Å². The summed E-state index contributed by atoms with van der Waals surface area (Å²) >= 11 is 0. The van der Waals surface area contributed by atoms with Gasteiger partial charge in [0.1, 0.15) is 6.61 Å². The monoisotopic (exact) mass is 439 g/mol. The Hall–Kier alpha value is -3.68. The zero-order valence-electron chi connectivity index (χ0n) is 17.2. The predicted octanol–water partition coefficient (Wildman–Crippen LogP) is 5.79. The van der Waals surface area contributed by atoms with Crippen LogP contribution in [-0.2, 0) is 11.0 Å². The van der Waals surface area contributed by atoms with Crippen molar-refractivity contribution in [2.45, 2.75) is 25.4 Å². The summed E-state index contributed by atoms with van der Waals surface area (Å²) in [4.78, 5) is 16.4. The van der Waals surface area contributed by atoms with Crippen LogP contribution in [0.2, 0.25) is 0 Å². The molecule has 0 unspecified atom stereocenters. The van der Waals surface area contributed by atoms with Crippen molar-refractivity contribution >= 4 is 16.8 Å². The number of carbonyl (C=O) groups is 1. The van der Waals surface area contributed by atoms with E-state index in [4.69, 9.17) is 4.74 Å². The number of aromatic amines is 1. The minimum Gasteiger partial charge on any atom is -0.470 e. The summed E-state index contributed by atoms with van der Waals surface area (Å²) in [6.07, 6.45) is -4.45. The Kier molecular flexibility index (Phi) is 5.94. The van der Waals surface area contributed by atoms with Gasteiger partial charge in [-0.2, -0.15) is 23.3 Å². The molecule has 0 aliphatic heterocycles. The molecule has 5 nitrogen and oxygen atoms in total. The molecule has 32 heavy (non-hydrogen) atoms. The summed E-state index contributed by atoms with van der Waals surface area (Å²) in [6.45, 7) is 1.54. The topological polar surface area (TPSA) is 67.9 Å². The number of Topliss-reactive ketones (excluding diaryl/α,β-unsaturated/α-hetero) is 1. The van der Waals surface area contributed by atoms with Gasteiger partial charge in [-0.3, -0.25) is 9.89 Å². The number of aromatic nitrogens is 3. The van der Waals surface area contributed by atoms with Gasteiger partial charge in [-0.25, -0.2) is 0 Å². The third-order valence-corrected chi connectivity index (χ3v) is 5.15. The van der Waals surface area contributed by atoms with Crippen molar-refractivity contribution in [3.8, 4) is 17.1 Å². The van der Waals surface area contributed by atoms with E-state index in [-0.39, 0.29) is 47.3 Å². The molecule has 4 rings (SSSR count). The van der Waals surface area contributed by atoms with E-state index in [9.17, 15) is 18.0 Å². The maximum absolute atomic E-state index is 13.8. The average Bonchev–Trinajstić information content (AvgIpc) is 3.21. The summed E-state index contributed by atoms with van der Waals surface area (Å²) in [5.74, 6) is -0.561. The predicted molar refractivity (Wildman–Crippen MR) is 114 cm³/mol. The molecular weight excluding hydrogens is 419 g/mol. The molecule has 0 aliphatic rings. The van der Waals surface area contributed by atoms with Crippen LogP contribution in [-0.4, -0.2) is 27.6 Å². The molecule has 8 heteroatoms. The summed E-state index contributed by atoms with van der Waals surface area (Å²) in [5, 5.41) is 6.45. The van der Waals surface area contributed by atoms with Crippen LogP contribution in [0.1, 0.15) is 30.4 Å². The molecule has 1 N–H and O–H groups in total. The van der Waals surface area contributed by atoms with Gasteiger partial charge in [0.05, 0.1) is 16.6 Å². The second-order valence-corrected chi connectivity index (χ2v) is 7.51. The van der Waals surface area contributed by atoms with Gasteiger partial charge in [0.2, 0.25) is 5.88 Å². The molecule has 164 valence electrons. The first-order chi connectivity index (χ1) is 15.3. The molecular formula is C24H20F3N3O2. The van der Waals surface area contributed by atoms with E-state index in [0.29, 0.717) is 5.56 Å². The average molecular weight is 439 g/mol. The molecule has 0 saturated carbocycles. The minimum atomic E-state index is -4.65. The van der Waals surface area contributed by atoms with E-state index in [2.05, 4.69) is 15.2 Å². The highest BCUT2D eigenvalue weighted by Crippen LogP contribution is 2.39. The first kappa shape index (κ1) is 21.5. The number of hydrogen-bond donors (Lipinski definition) is 1. The second-order valence-electron chi connectivity index (χ2n) is 7.51. The van der Waals surface area contributed by atoms with Gasteiger partial charge in [-0.15, -0.1) is 0 Å². The molecule has 1 atom stereocenters. The molecule has 0 spiro atoms. The summed E-state index contributed by atoms with van der Waals surface area (Å²) in [6, 6.07) is 18.9. The zero-order valence-corrected chi connectivity index (χ0v) is 17.2. The van der Waals surface area contributed by atoms with Gasteiger partial charge in [0.15, 0.2) is 11.4 Å². The molecule has 2 aromatic heterocycles. The lowest BCUT2D eigenvalue weighted by atomic mass is 9.96. The normalized spacial score (nSPS) is 12.6. The van der Waals surface area contributed by atoms with E-state index < -0.39 is 11.7 Å². The number of ketones is 1. The Morgan fingerprint density at radius 1 is 1.06 bits per heavy atom. The van der Waals surface area contributed by atoms with Gasteiger partial charge in [-0.1, -0.05) is 67.6 Å². The number of nitrogens with one attached hydrogen (secondary N) is 1. The van der Waals surface area contributed by atoms with Crippen LogP contribution in [0.3, 0.4) is 0 Å². The molecule has 0 amide bonds. The van der Waals surface area contributed by atoms with Crippen LogP contribution in [0.5, 0.6) is 5.88 Å². The zero-order chi connectivity index (χ0) is 22.7. The smallest absolute Gasteiger partial charge is 0.417 e. The lowest BCUT2D eigenvalue weighted by Gasteiger charge is -2.13. The fraction of sp³-hybridized carbons (Fsp3) is 0.208. The number of halogens is 3. The Balaban J connectivity index is 1.57. The third kappa shape index (κ3) is 4.64. The number of carbonyl (C=O) groups excluding carboxylic acids is 1. The maximum atomic E-state index is 13.8. The van der Waals surface area contributed by atoms with Crippen molar-refractivity contribution in [1.29, 1.82) is 0 Å². The van der Waals surface area contributed by atoms with Gasteiger partial charge in [0.25, 0.3) is 0 Å². The molecule has 0 saturated heterocycles. The molecule has 0 radical (unpaired) electrons. The number of nitrogens with zero attached hydrogens (tertiary/aromatic N) is 2. The summed E-state index contributed by atoms with van der Waals surface area (Å²) in [7, 11) is 0. The van der Waals surface area contributed by atoms with Crippen LogP contribution in [0.15, 0.2) is 66.7 Å². The molecule has 0 fully saturated rings. The molecule has 2 aromatic carbocycles. The Labute approximate surface area is 182 Å². The first-order valence-electron chi connectivity index (χ1n) is 10.0. The Morgan fingerprint density at radius 3 is 2.38 bits per heavy atom. The number of pyridine rings is 1. The molecule has 0 aliphatic carbocycles. The van der Waals surface area contributed by atoms with Crippen LogP contribution in [0.4, 0.5) is 13.2 Å². The summed E-state index contributed by atoms with van der Waals surface area (Å²) in [5.41, 5.74) is 0.736. The SMILES string of the molecule is C[C@H](CC(=O)COc1cc(C(F)(F)F)c2c(-c3ccccc3)[nH]nc2n1)c1ccccc1. The van der Waals surface area contributed by atoms with Crippen molar-refractivity contribution in [2.75, 3.05) is 6.61 Å². The highest BCUT2D eigenvalue weighted by Gasteiger charge is 2.36. The van der Waals surface area contributed by atoms with Gasteiger partial charge >= 0.3 is 6.18 Å². The lowest BCUT2D eigenvalue weighted by molar-refractivity contribution is -0.136. The minimum absolute atomic E-state index is 0.0340. The number of ether oxygens (including phenoxy) is 1. The van der Waals surface area contributed by atoms with E-state index in [0.717, 1.165) is 11.6 Å². The lowest BCUT2D eigenvalue weighted by Crippen LogP contribution is -2.15. The van der Waals surface area contributed by atoms with Gasteiger partial charge in [-0.05, 0) is 11.5 Å². The third-order valence-electron chi connectivity index (χ3n) is 5.15. The number of alkyl halides is 3. The van der Waals surface area contributed by atoms with E-state index in [1.165, 1.54) is 0 Å². The quantitative estimate of drug-likeness (QED) is 0.396. The van der Waals surface area contributed by atoms with E-state index in [1.807, 2.05) is 37.3 Å². The van der Waals surface area contributed by atoms with Crippen molar-refractivity contribution in [1.82, 2.24) is 15.2 Å². The van der Waals surface area contributed by atoms with E-state index >= 15 is 0 Å². The largest absolute Gasteiger partial charge is 0.470 e. The highest BCUT2D eigenvalue weighted by atomic mass is 19.4. The second kappa shape index (κ2) is 8.82.